The number of esters is 3. The highest BCUT2D eigenvalue weighted by molar-refractivity contribution is 5.71. The summed E-state index contributed by atoms with van der Waals surface area (Å²) in [7, 11) is 0. The van der Waals surface area contributed by atoms with E-state index in [1.54, 1.807) is 0 Å². The van der Waals surface area contributed by atoms with Crippen LogP contribution in [0, 0.1) is 0 Å². The van der Waals surface area contributed by atoms with Gasteiger partial charge in [0.25, 0.3) is 0 Å². The van der Waals surface area contributed by atoms with E-state index in [0.717, 1.165) is 103 Å². The van der Waals surface area contributed by atoms with Crippen molar-refractivity contribution in [3.05, 3.63) is 109 Å². The van der Waals surface area contributed by atoms with Gasteiger partial charge >= 0.3 is 17.9 Å². The predicted molar refractivity (Wildman–Crippen MR) is 270 cm³/mol. The minimum absolute atomic E-state index is 0.0985. The zero-order valence-electron chi connectivity index (χ0n) is 40.5. The highest BCUT2D eigenvalue weighted by Crippen LogP contribution is 2.14. The van der Waals surface area contributed by atoms with Crippen LogP contribution in [-0.4, -0.2) is 37.2 Å². The van der Waals surface area contributed by atoms with Crippen molar-refractivity contribution in [2.24, 2.45) is 0 Å². The predicted octanol–water partition coefficient (Wildman–Crippen LogP) is 16.8. The molecule has 6 nitrogen and oxygen atoms in total. The Labute approximate surface area is 387 Å². The first kappa shape index (κ1) is 59.1. The van der Waals surface area contributed by atoms with E-state index in [1.807, 2.05) is 60.8 Å². The Morgan fingerprint density at radius 1 is 0.349 bits per heavy atom. The molecule has 0 amide bonds. The molecule has 0 aromatic rings. The van der Waals surface area contributed by atoms with Gasteiger partial charge in [0.15, 0.2) is 6.10 Å². The van der Waals surface area contributed by atoms with Crippen molar-refractivity contribution in [3.63, 3.8) is 0 Å². The van der Waals surface area contributed by atoms with E-state index in [0.29, 0.717) is 19.3 Å². The van der Waals surface area contributed by atoms with Gasteiger partial charge in [0.1, 0.15) is 13.2 Å². The molecule has 63 heavy (non-hydrogen) atoms. The highest BCUT2D eigenvalue weighted by Gasteiger charge is 2.19. The van der Waals surface area contributed by atoms with E-state index in [2.05, 4.69) is 69.4 Å². The van der Waals surface area contributed by atoms with Crippen LogP contribution in [0.1, 0.15) is 213 Å². The maximum absolute atomic E-state index is 12.8. The van der Waals surface area contributed by atoms with Crippen LogP contribution in [0.25, 0.3) is 0 Å². The van der Waals surface area contributed by atoms with Crippen LogP contribution in [0.3, 0.4) is 0 Å². The van der Waals surface area contributed by atoms with Crippen molar-refractivity contribution in [1.29, 1.82) is 0 Å². The molecule has 0 spiro atoms. The summed E-state index contributed by atoms with van der Waals surface area (Å²) < 4.78 is 16.7. The Morgan fingerprint density at radius 3 is 1.17 bits per heavy atom. The van der Waals surface area contributed by atoms with Crippen LogP contribution in [0.15, 0.2) is 109 Å². The SMILES string of the molecule is CC\C=C/C=C\C=C/C=C\C=C\C=C/CCCCCC(=O)OCC(COC(=O)CCCCCCCCCCCCCC)OC(=O)CCCCCCCC/C=C\C/C=C\C/C=C\CC. The number of rotatable bonds is 44. The second-order valence-corrected chi connectivity index (χ2v) is 16.5. The summed E-state index contributed by atoms with van der Waals surface area (Å²) in [6.07, 6.45) is 67.8. The molecule has 0 rings (SSSR count). The van der Waals surface area contributed by atoms with Gasteiger partial charge in [0, 0.05) is 19.3 Å². The molecule has 0 aromatic heterocycles. The average molecular weight is 873 g/mol. The second-order valence-electron chi connectivity index (χ2n) is 16.5. The smallest absolute Gasteiger partial charge is 0.306 e. The molecule has 0 aliphatic heterocycles. The minimum Gasteiger partial charge on any atom is -0.462 e. The number of carbonyl (C=O) groups excluding carboxylic acids is 3. The van der Waals surface area contributed by atoms with Crippen LogP contribution in [0.5, 0.6) is 0 Å². The Hall–Kier alpha value is -3.93. The van der Waals surface area contributed by atoms with E-state index >= 15 is 0 Å². The molecule has 0 aromatic carbocycles. The maximum Gasteiger partial charge on any atom is 0.306 e. The molecule has 0 radical (unpaired) electrons. The number of unbranched alkanes of at least 4 members (excludes halogenated alkanes) is 20. The summed E-state index contributed by atoms with van der Waals surface area (Å²) >= 11 is 0. The molecule has 0 saturated heterocycles. The number of carbonyl (C=O) groups is 3. The fourth-order valence-electron chi connectivity index (χ4n) is 6.66. The maximum atomic E-state index is 12.8. The Morgan fingerprint density at radius 2 is 0.698 bits per heavy atom. The molecule has 0 heterocycles. The van der Waals surface area contributed by atoms with Gasteiger partial charge in [-0.15, -0.1) is 0 Å². The molecule has 1 unspecified atom stereocenters. The normalized spacial score (nSPS) is 13.0. The third kappa shape index (κ3) is 49.0. The third-order valence-electron chi connectivity index (χ3n) is 10.4. The van der Waals surface area contributed by atoms with E-state index < -0.39 is 6.10 Å². The fraction of sp³-hybridized carbons (Fsp3) is 0.632. The van der Waals surface area contributed by atoms with Gasteiger partial charge in [-0.2, -0.15) is 0 Å². The largest absolute Gasteiger partial charge is 0.462 e. The average Bonchev–Trinajstić information content (AvgIpc) is 3.28. The summed E-state index contributed by atoms with van der Waals surface area (Å²) in [6, 6.07) is 0. The van der Waals surface area contributed by atoms with Gasteiger partial charge in [-0.1, -0.05) is 233 Å². The summed E-state index contributed by atoms with van der Waals surface area (Å²) in [5, 5.41) is 0. The quantitative estimate of drug-likeness (QED) is 0.0199. The first-order chi connectivity index (χ1) is 31.0. The number of hydrogen-bond acceptors (Lipinski definition) is 6. The lowest BCUT2D eigenvalue weighted by atomic mass is 10.0. The molecule has 6 heteroatoms. The Bertz CT molecular complexity index is 1330. The Balaban J connectivity index is 4.51. The topological polar surface area (TPSA) is 78.9 Å². The van der Waals surface area contributed by atoms with Crippen molar-refractivity contribution in [1.82, 2.24) is 0 Å². The van der Waals surface area contributed by atoms with Crippen LogP contribution in [-0.2, 0) is 28.6 Å². The third-order valence-corrected chi connectivity index (χ3v) is 10.4. The highest BCUT2D eigenvalue weighted by atomic mass is 16.6. The van der Waals surface area contributed by atoms with Gasteiger partial charge < -0.3 is 14.2 Å². The number of allylic oxidation sites excluding steroid dienone is 18. The zero-order valence-corrected chi connectivity index (χ0v) is 40.5. The molecular formula is C57H92O6. The Kier molecular flexibility index (Phi) is 47.5. The molecule has 0 bridgehead atoms. The van der Waals surface area contributed by atoms with Crippen LogP contribution < -0.4 is 0 Å². The molecule has 1 atom stereocenters. The van der Waals surface area contributed by atoms with Crippen molar-refractivity contribution in [3.8, 4) is 0 Å². The fourth-order valence-corrected chi connectivity index (χ4v) is 6.66. The number of ether oxygens (including phenoxy) is 3. The van der Waals surface area contributed by atoms with Crippen molar-refractivity contribution in [2.75, 3.05) is 13.2 Å². The van der Waals surface area contributed by atoms with Gasteiger partial charge in [-0.25, -0.2) is 0 Å². The molecule has 0 aliphatic rings. The van der Waals surface area contributed by atoms with E-state index in [1.165, 1.54) is 70.6 Å². The molecule has 0 saturated carbocycles. The zero-order chi connectivity index (χ0) is 45.8. The van der Waals surface area contributed by atoms with Crippen LogP contribution in [0.2, 0.25) is 0 Å². The number of hydrogen-bond donors (Lipinski definition) is 0. The van der Waals surface area contributed by atoms with Gasteiger partial charge in [-0.05, 0) is 70.6 Å². The van der Waals surface area contributed by atoms with Gasteiger partial charge in [0.05, 0.1) is 0 Å². The minimum atomic E-state index is -0.803. The van der Waals surface area contributed by atoms with Crippen LogP contribution >= 0.6 is 0 Å². The van der Waals surface area contributed by atoms with E-state index in [4.69, 9.17) is 14.2 Å². The van der Waals surface area contributed by atoms with Gasteiger partial charge in [0.2, 0.25) is 0 Å². The molecule has 356 valence electrons. The summed E-state index contributed by atoms with van der Waals surface area (Å²) in [5.41, 5.74) is 0. The summed E-state index contributed by atoms with van der Waals surface area (Å²) in [4.78, 5) is 38.0. The van der Waals surface area contributed by atoms with Crippen LogP contribution in [0.4, 0.5) is 0 Å². The second kappa shape index (κ2) is 50.7. The molecule has 0 fully saturated rings. The lowest BCUT2D eigenvalue weighted by molar-refractivity contribution is -0.167. The van der Waals surface area contributed by atoms with Crippen molar-refractivity contribution >= 4 is 17.9 Å². The first-order valence-electron chi connectivity index (χ1n) is 25.5. The first-order valence-corrected chi connectivity index (χ1v) is 25.5. The molecule has 0 aliphatic carbocycles. The summed E-state index contributed by atoms with van der Waals surface area (Å²) in [6.45, 7) is 6.32. The molecule has 0 N–H and O–H groups in total. The van der Waals surface area contributed by atoms with E-state index in [9.17, 15) is 14.4 Å². The standard InChI is InChI=1S/C57H92O6/c1-4-7-10-13-16-19-22-25-27-29-31-32-35-38-41-44-47-50-56(59)62-53-54(52-61-55(58)49-46-43-40-37-34-24-21-18-15-12-9-6-3)63-57(60)51-48-45-42-39-36-33-30-28-26-23-20-17-14-11-8-5-2/h7-8,10-11,13,16-17,19-20,22,25-29,31-32,35,54H,4-6,9,12,14-15,18,21,23-24,30,33-34,36-53H2,1-3H3/b10-7-,11-8-,16-13-,20-17-,22-19-,27-25-,28-26-,31-29+,35-32-. The molecular weight excluding hydrogens is 781 g/mol. The van der Waals surface area contributed by atoms with Crippen molar-refractivity contribution in [2.45, 2.75) is 219 Å². The lowest BCUT2D eigenvalue weighted by Gasteiger charge is -2.18. The van der Waals surface area contributed by atoms with Gasteiger partial charge in [-0.3, -0.25) is 14.4 Å². The summed E-state index contributed by atoms with van der Waals surface area (Å²) in [5.74, 6) is -0.962. The van der Waals surface area contributed by atoms with Crippen molar-refractivity contribution < 1.29 is 28.6 Å². The van der Waals surface area contributed by atoms with E-state index in [-0.39, 0.29) is 31.1 Å². The lowest BCUT2D eigenvalue weighted by Crippen LogP contribution is -2.30. The monoisotopic (exact) mass is 873 g/mol.